The number of nitrogens with zero attached hydrogens (tertiary/aromatic N) is 2. The normalized spacial score (nSPS) is 16.2. The lowest BCUT2D eigenvalue weighted by molar-refractivity contribution is 0.251. The van der Waals surface area contributed by atoms with Gasteiger partial charge in [0.15, 0.2) is 0 Å². The van der Waals surface area contributed by atoms with Crippen molar-refractivity contribution >= 4 is 23.3 Å². The van der Waals surface area contributed by atoms with Gasteiger partial charge in [0.2, 0.25) is 0 Å². The fourth-order valence-electron chi connectivity index (χ4n) is 2.25. The zero-order chi connectivity index (χ0) is 14.8. The van der Waals surface area contributed by atoms with Gasteiger partial charge in [0, 0.05) is 12.1 Å². The van der Waals surface area contributed by atoms with E-state index < -0.39 is 0 Å². The molecule has 2 N–H and O–H groups in total. The van der Waals surface area contributed by atoms with Crippen LogP contribution in [0.5, 0.6) is 5.75 Å². The number of rotatable bonds is 3. The summed E-state index contributed by atoms with van der Waals surface area (Å²) in [4.78, 5) is 12.9. The van der Waals surface area contributed by atoms with E-state index in [-0.39, 0.29) is 12.1 Å². The summed E-state index contributed by atoms with van der Waals surface area (Å²) in [7, 11) is 0. The van der Waals surface area contributed by atoms with Gasteiger partial charge in [0.1, 0.15) is 11.9 Å². The third-order valence-electron chi connectivity index (χ3n) is 3.31. The Labute approximate surface area is 126 Å². The van der Waals surface area contributed by atoms with E-state index in [1.165, 1.54) is 11.5 Å². The Morgan fingerprint density at radius 3 is 3.14 bits per heavy atom. The van der Waals surface area contributed by atoms with Gasteiger partial charge in [0.05, 0.1) is 17.1 Å². The first-order valence-electron chi connectivity index (χ1n) is 6.74. The maximum Gasteiger partial charge on any atom is 0.319 e. The first-order valence-corrected chi connectivity index (χ1v) is 7.51. The molecular weight excluding hydrogens is 288 g/mol. The molecule has 1 aliphatic heterocycles. The van der Waals surface area contributed by atoms with E-state index in [1.807, 2.05) is 32.0 Å². The molecule has 3 rings (SSSR count). The Kier molecular flexibility index (Phi) is 3.74. The second-order valence-electron chi connectivity index (χ2n) is 5.04. The molecule has 0 bridgehead atoms. The fraction of sp³-hybridized carbons (Fsp3) is 0.357. The topological polar surface area (TPSA) is 76.1 Å². The highest BCUT2D eigenvalue weighted by molar-refractivity contribution is 7.05. The lowest BCUT2D eigenvalue weighted by Crippen LogP contribution is -2.28. The summed E-state index contributed by atoms with van der Waals surface area (Å²) in [5, 5.41) is 9.53. The molecule has 110 valence electrons. The van der Waals surface area contributed by atoms with E-state index in [4.69, 9.17) is 4.74 Å². The van der Waals surface area contributed by atoms with Crippen LogP contribution in [0.3, 0.4) is 0 Å². The van der Waals surface area contributed by atoms with Gasteiger partial charge in [-0.1, -0.05) is 4.49 Å². The second kappa shape index (κ2) is 5.69. The lowest BCUT2D eigenvalue weighted by atomic mass is 10.1. The van der Waals surface area contributed by atoms with Gasteiger partial charge < -0.3 is 15.4 Å². The number of amides is 2. The van der Waals surface area contributed by atoms with Crippen molar-refractivity contribution in [1.29, 1.82) is 0 Å². The summed E-state index contributed by atoms with van der Waals surface area (Å²) in [6.07, 6.45) is 1.07. The molecule has 0 saturated carbocycles. The van der Waals surface area contributed by atoms with Crippen LogP contribution in [0.1, 0.15) is 23.1 Å². The molecule has 0 radical (unpaired) electrons. The molecule has 0 saturated heterocycles. The van der Waals surface area contributed by atoms with Crippen LogP contribution in [0.2, 0.25) is 0 Å². The van der Waals surface area contributed by atoms with Crippen LogP contribution < -0.4 is 15.4 Å². The summed E-state index contributed by atoms with van der Waals surface area (Å²) in [6, 6.07) is 5.45. The first-order chi connectivity index (χ1) is 10.1. The molecular formula is C14H16N4O2S. The molecule has 0 fully saturated rings. The van der Waals surface area contributed by atoms with E-state index in [0.29, 0.717) is 6.54 Å². The average Bonchev–Trinajstić information content (AvgIpc) is 3.00. The maximum absolute atomic E-state index is 11.9. The number of aryl methyl sites for hydroxylation is 1. The van der Waals surface area contributed by atoms with Crippen molar-refractivity contribution in [3.05, 3.63) is 34.3 Å². The van der Waals surface area contributed by atoms with E-state index in [2.05, 4.69) is 20.2 Å². The molecule has 1 aromatic heterocycles. The third-order valence-corrected chi connectivity index (χ3v) is 4.13. The molecule has 2 aromatic rings. The molecule has 0 spiro atoms. The van der Waals surface area contributed by atoms with Crippen molar-refractivity contribution in [2.75, 3.05) is 5.32 Å². The van der Waals surface area contributed by atoms with Crippen molar-refractivity contribution < 1.29 is 9.53 Å². The van der Waals surface area contributed by atoms with Crippen molar-refractivity contribution in [3.8, 4) is 5.75 Å². The number of anilines is 1. The zero-order valence-corrected chi connectivity index (χ0v) is 12.7. The molecule has 7 heteroatoms. The van der Waals surface area contributed by atoms with Gasteiger partial charge in [-0.2, -0.15) is 0 Å². The highest BCUT2D eigenvalue weighted by Crippen LogP contribution is 2.30. The highest BCUT2D eigenvalue weighted by Gasteiger charge is 2.19. The fourth-order valence-corrected chi connectivity index (χ4v) is 2.82. The van der Waals surface area contributed by atoms with E-state index >= 15 is 0 Å². The predicted octanol–water partition coefficient (Wildman–Crippen LogP) is 2.49. The number of benzene rings is 1. The number of aromatic nitrogens is 2. The Balaban J connectivity index is 1.58. The van der Waals surface area contributed by atoms with Crippen molar-refractivity contribution in [2.45, 2.75) is 32.9 Å². The van der Waals surface area contributed by atoms with Crippen LogP contribution >= 0.6 is 11.5 Å². The Morgan fingerprint density at radius 2 is 2.38 bits per heavy atom. The Hall–Kier alpha value is -2.15. The number of carbonyl (C=O) groups is 1. The number of urea groups is 1. The average molecular weight is 304 g/mol. The lowest BCUT2D eigenvalue weighted by Gasteiger charge is -2.08. The van der Waals surface area contributed by atoms with Gasteiger partial charge in [-0.25, -0.2) is 4.79 Å². The van der Waals surface area contributed by atoms with E-state index in [9.17, 15) is 4.79 Å². The molecule has 21 heavy (non-hydrogen) atoms. The molecule has 0 aliphatic carbocycles. The smallest absolute Gasteiger partial charge is 0.319 e. The zero-order valence-electron chi connectivity index (χ0n) is 11.8. The van der Waals surface area contributed by atoms with Gasteiger partial charge in [-0.15, -0.1) is 5.10 Å². The SMILES string of the molecule is Cc1nnsc1CNC(=O)Nc1ccc2c(c1)C[C@H](C)O2. The summed E-state index contributed by atoms with van der Waals surface area (Å²) in [6.45, 7) is 4.34. The van der Waals surface area contributed by atoms with Crippen LogP contribution in [0, 0.1) is 6.92 Å². The largest absolute Gasteiger partial charge is 0.490 e. The van der Waals surface area contributed by atoms with Crippen molar-refractivity contribution in [2.24, 2.45) is 0 Å². The van der Waals surface area contributed by atoms with Gasteiger partial charge >= 0.3 is 6.03 Å². The molecule has 6 nitrogen and oxygen atoms in total. The van der Waals surface area contributed by atoms with Crippen LogP contribution in [0.25, 0.3) is 0 Å². The molecule has 1 atom stereocenters. The summed E-state index contributed by atoms with van der Waals surface area (Å²) >= 11 is 1.29. The number of ether oxygens (including phenoxy) is 1. The summed E-state index contributed by atoms with van der Waals surface area (Å²) in [5.41, 5.74) is 2.75. The minimum atomic E-state index is -0.241. The van der Waals surface area contributed by atoms with Crippen LogP contribution in [0.4, 0.5) is 10.5 Å². The van der Waals surface area contributed by atoms with Crippen LogP contribution in [0.15, 0.2) is 18.2 Å². The van der Waals surface area contributed by atoms with Gasteiger partial charge in [-0.3, -0.25) is 0 Å². The minimum Gasteiger partial charge on any atom is -0.490 e. The minimum absolute atomic E-state index is 0.200. The number of nitrogens with one attached hydrogen (secondary N) is 2. The van der Waals surface area contributed by atoms with Crippen molar-refractivity contribution in [3.63, 3.8) is 0 Å². The van der Waals surface area contributed by atoms with E-state index in [1.54, 1.807) is 0 Å². The van der Waals surface area contributed by atoms with Crippen molar-refractivity contribution in [1.82, 2.24) is 14.9 Å². The Bertz CT molecular complexity index is 671. The van der Waals surface area contributed by atoms with Crippen LogP contribution in [-0.4, -0.2) is 21.7 Å². The Morgan fingerprint density at radius 1 is 1.52 bits per heavy atom. The number of carbonyl (C=O) groups excluding carboxylic acids is 1. The number of hydrogen-bond acceptors (Lipinski definition) is 5. The molecule has 0 unspecified atom stereocenters. The molecule has 2 amide bonds. The van der Waals surface area contributed by atoms with E-state index in [0.717, 1.165) is 34.0 Å². The quantitative estimate of drug-likeness (QED) is 0.913. The highest BCUT2D eigenvalue weighted by atomic mass is 32.1. The second-order valence-corrected chi connectivity index (χ2v) is 5.88. The monoisotopic (exact) mass is 304 g/mol. The maximum atomic E-state index is 11.9. The molecule has 1 aromatic carbocycles. The number of fused-ring (bicyclic) bond motifs is 1. The third kappa shape index (κ3) is 3.13. The number of hydrogen-bond donors (Lipinski definition) is 2. The van der Waals surface area contributed by atoms with Crippen LogP contribution in [-0.2, 0) is 13.0 Å². The first kappa shape index (κ1) is 13.8. The van der Waals surface area contributed by atoms with Gasteiger partial charge in [0.25, 0.3) is 0 Å². The standard InChI is InChI=1S/C14H16N4O2S/c1-8-5-10-6-11(3-4-12(10)20-8)16-14(19)15-7-13-9(2)17-18-21-13/h3-4,6,8H,5,7H2,1-2H3,(H2,15,16,19)/t8-/m0/s1. The van der Waals surface area contributed by atoms with Gasteiger partial charge in [-0.05, 0) is 49.1 Å². The molecule has 1 aliphatic rings. The molecule has 2 heterocycles. The summed E-state index contributed by atoms with van der Waals surface area (Å²) in [5.74, 6) is 0.903. The predicted molar refractivity (Wildman–Crippen MR) is 80.7 cm³/mol. The summed E-state index contributed by atoms with van der Waals surface area (Å²) < 4.78 is 9.47.